The van der Waals surface area contributed by atoms with Crippen LogP contribution in [0.3, 0.4) is 0 Å². The number of benzene rings is 2. The summed E-state index contributed by atoms with van der Waals surface area (Å²) in [5.74, 6) is -0.355. The van der Waals surface area contributed by atoms with Gasteiger partial charge in [0.25, 0.3) is 5.69 Å². The number of allylic oxidation sites excluding steroid dienone is 1. The molecule has 0 saturated carbocycles. The number of ether oxygens (including phenoxy) is 1. The minimum absolute atomic E-state index is 0.0146. The molecule has 2 aromatic carbocycles. The van der Waals surface area contributed by atoms with Gasteiger partial charge in [-0.3, -0.25) is 14.9 Å². The van der Waals surface area contributed by atoms with Gasteiger partial charge in [0.1, 0.15) is 35.1 Å². The van der Waals surface area contributed by atoms with E-state index in [-0.39, 0.29) is 24.6 Å². The first-order chi connectivity index (χ1) is 17.3. The zero-order chi connectivity index (χ0) is 25.7. The summed E-state index contributed by atoms with van der Waals surface area (Å²) in [5, 5.41) is 29.1. The van der Waals surface area contributed by atoms with Crippen molar-refractivity contribution in [2.75, 3.05) is 0 Å². The highest BCUT2D eigenvalue weighted by atomic mass is 16.6. The molecule has 2 aromatic heterocycles. The van der Waals surface area contributed by atoms with Crippen molar-refractivity contribution in [3.63, 3.8) is 0 Å². The van der Waals surface area contributed by atoms with Gasteiger partial charge >= 0.3 is 5.63 Å². The fraction of sp³-hybridized carbons (Fsp3) is 0.120. The van der Waals surface area contributed by atoms with Crippen LogP contribution in [0.5, 0.6) is 11.5 Å². The third-order valence-corrected chi connectivity index (χ3v) is 5.10. The molecule has 4 aromatic rings. The molecule has 1 N–H and O–H groups in total. The number of para-hydroxylation sites is 1. The van der Waals surface area contributed by atoms with E-state index in [2.05, 4.69) is 10.3 Å². The van der Waals surface area contributed by atoms with E-state index < -0.39 is 27.6 Å². The zero-order valence-corrected chi connectivity index (χ0v) is 19.0. The predicted molar refractivity (Wildman–Crippen MR) is 128 cm³/mol. The summed E-state index contributed by atoms with van der Waals surface area (Å²) in [5.41, 5.74) is 0.416. The van der Waals surface area contributed by atoms with E-state index in [0.29, 0.717) is 22.6 Å². The lowest BCUT2D eigenvalue weighted by molar-refractivity contribution is -0.385. The molecule has 0 aliphatic heterocycles. The quantitative estimate of drug-likeness (QED) is 0.161. The number of hydrogen-bond acceptors (Lipinski definition) is 9. The smallest absolute Gasteiger partial charge is 0.351 e. The maximum absolute atomic E-state index is 12.3. The van der Waals surface area contributed by atoms with Crippen LogP contribution in [0.4, 0.5) is 5.69 Å². The Morgan fingerprint density at radius 1 is 1.22 bits per heavy atom. The number of rotatable bonds is 9. The predicted octanol–water partition coefficient (Wildman–Crippen LogP) is 3.68. The van der Waals surface area contributed by atoms with Crippen molar-refractivity contribution in [1.82, 2.24) is 15.0 Å². The Hall–Kier alpha value is -5.06. The van der Waals surface area contributed by atoms with E-state index in [1.54, 1.807) is 48.7 Å². The van der Waals surface area contributed by atoms with Crippen LogP contribution in [0.15, 0.2) is 76.1 Å². The summed E-state index contributed by atoms with van der Waals surface area (Å²) < 4.78 is 12.1. The molecule has 36 heavy (non-hydrogen) atoms. The van der Waals surface area contributed by atoms with Gasteiger partial charge in [-0.15, -0.1) is 5.10 Å². The Balaban J connectivity index is 1.35. The lowest BCUT2D eigenvalue weighted by Gasteiger charge is -2.04. The van der Waals surface area contributed by atoms with E-state index in [9.17, 15) is 24.8 Å². The van der Waals surface area contributed by atoms with Crippen LogP contribution < -0.4 is 10.4 Å². The highest BCUT2D eigenvalue weighted by Crippen LogP contribution is 2.20. The van der Waals surface area contributed by atoms with Crippen molar-refractivity contribution in [2.45, 2.75) is 20.1 Å². The number of aryl methyl sites for hydroxylation is 1. The van der Waals surface area contributed by atoms with E-state index in [1.165, 1.54) is 35.9 Å². The fourth-order valence-corrected chi connectivity index (χ4v) is 3.39. The average molecular weight is 488 g/mol. The molecule has 0 spiro atoms. The van der Waals surface area contributed by atoms with Crippen LogP contribution in [-0.4, -0.2) is 30.8 Å². The Morgan fingerprint density at radius 3 is 2.69 bits per heavy atom. The van der Waals surface area contributed by atoms with Crippen molar-refractivity contribution in [3.05, 3.63) is 116 Å². The molecular formula is C25H20N4O7. The molecule has 0 aliphatic rings. The lowest BCUT2D eigenvalue weighted by Crippen LogP contribution is -2.12. The number of aromatic nitrogens is 3. The summed E-state index contributed by atoms with van der Waals surface area (Å²) in [6, 6.07) is 14.4. The van der Waals surface area contributed by atoms with Crippen molar-refractivity contribution >= 4 is 17.5 Å². The molecule has 0 radical (unpaired) electrons. The molecule has 11 nitrogen and oxygen atoms in total. The highest BCUT2D eigenvalue weighted by molar-refractivity contribution is 6.08. The van der Waals surface area contributed by atoms with Gasteiger partial charge in [0, 0.05) is 12.1 Å². The first-order valence-corrected chi connectivity index (χ1v) is 10.7. The first kappa shape index (κ1) is 24.1. The largest absolute Gasteiger partial charge is 0.507 e. The number of nitrogens with zero attached hydrogens (tertiary/aromatic N) is 4. The normalized spacial score (nSPS) is 11.0. The van der Waals surface area contributed by atoms with Gasteiger partial charge in [-0.25, -0.2) is 9.48 Å². The Bertz CT molecular complexity index is 1500. The second-order valence-corrected chi connectivity index (χ2v) is 7.75. The molecule has 11 heteroatoms. The number of hydrogen-bond donors (Lipinski definition) is 1. The van der Waals surface area contributed by atoms with Gasteiger partial charge in [0.2, 0.25) is 0 Å². The molecule has 182 valence electrons. The van der Waals surface area contributed by atoms with Crippen molar-refractivity contribution in [3.8, 4) is 11.5 Å². The molecule has 0 saturated heterocycles. The minimum atomic E-state index is -0.898. The van der Waals surface area contributed by atoms with Gasteiger partial charge < -0.3 is 14.3 Å². The topological polar surface area (TPSA) is 151 Å². The van der Waals surface area contributed by atoms with Gasteiger partial charge in [0.15, 0.2) is 5.78 Å². The second-order valence-electron chi connectivity index (χ2n) is 7.75. The zero-order valence-electron chi connectivity index (χ0n) is 19.0. The van der Waals surface area contributed by atoms with E-state index in [0.717, 1.165) is 0 Å². The summed E-state index contributed by atoms with van der Waals surface area (Å²) in [6.07, 6.45) is 4.32. The maximum atomic E-state index is 12.3. The molecule has 2 heterocycles. The van der Waals surface area contributed by atoms with Crippen molar-refractivity contribution < 1.29 is 24.0 Å². The molecule has 0 fully saturated rings. The van der Waals surface area contributed by atoms with E-state index in [4.69, 9.17) is 9.15 Å². The molecule has 0 amide bonds. The number of ketones is 1. The summed E-state index contributed by atoms with van der Waals surface area (Å²) in [7, 11) is 0. The van der Waals surface area contributed by atoms with Crippen molar-refractivity contribution in [2.24, 2.45) is 0 Å². The number of nitro benzene ring substituents is 1. The van der Waals surface area contributed by atoms with Crippen LogP contribution in [0, 0.1) is 17.0 Å². The van der Waals surface area contributed by atoms with Gasteiger partial charge in [-0.2, -0.15) is 0 Å². The molecule has 4 rings (SSSR count). The minimum Gasteiger partial charge on any atom is -0.507 e. The Morgan fingerprint density at radius 2 is 1.97 bits per heavy atom. The lowest BCUT2D eigenvalue weighted by atomic mass is 10.1. The number of carbonyl (C=O) groups excluding carboxylic acids is 1. The Kier molecular flexibility index (Phi) is 7.00. The molecular weight excluding hydrogens is 468 g/mol. The van der Waals surface area contributed by atoms with Gasteiger partial charge in [-0.05, 0) is 30.7 Å². The van der Waals surface area contributed by atoms with Crippen LogP contribution in [0.2, 0.25) is 0 Å². The average Bonchev–Trinajstić information content (AvgIpc) is 3.29. The fourth-order valence-electron chi connectivity index (χ4n) is 3.39. The highest BCUT2D eigenvalue weighted by Gasteiger charge is 2.16. The molecule has 0 unspecified atom stereocenters. The van der Waals surface area contributed by atoms with Gasteiger partial charge in [0.05, 0.1) is 23.2 Å². The van der Waals surface area contributed by atoms with E-state index >= 15 is 0 Å². The second kappa shape index (κ2) is 10.5. The van der Waals surface area contributed by atoms with Crippen LogP contribution in [0.1, 0.15) is 32.9 Å². The van der Waals surface area contributed by atoms with Crippen LogP contribution in [-0.2, 0) is 13.2 Å². The maximum Gasteiger partial charge on any atom is 0.351 e. The van der Waals surface area contributed by atoms with Crippen molar-refractivity contribution in [1.29, 1.82) is 0 Å². The third kappa shape index (κ3) is 5.70. The Labute approximate surface area is 204 Å². The molecule has 0 bridgehead atoms. The number of carbonyl (C=O) groups is 1. The first-order valence-electron chi connectivity index (χ1n) is 10.7. The summed E-state index contributed by atoms with van der Waals surface area (Å²) in [6.45, 7) is 1.83. The number of nitro groups is 1. The van der Waals surface area contributed by atoms with Crippen LogP contribution in [0.25, 0.3) is 6.08 Å². The summed E-state index contributed by atoms with van der Waals surface area (Å²) in [4.78, 5) is 34.9. The summed E-state index contributed by atoms with van der Waals surface area (Å²) >= 11 is 0. The van der Waals surface area contributed by atoms with E-state index in [1.807, 2.05) is 0 Å². The third-order valence-electron chi connectivity index (χ3n) is 5.10. The van der Waals surface area contributed by atoms with Crippen LogP contribution >= 0.6 is 0 Å². The standard InChI is InChI=1S/C25H20N4O7/c1-16-12-23(31)24(25(32)36-16)22(30)11-8-17-6-9-20(10-7-17)35-15-19-14-28(27-26-19)13-18-4-2-3-5-21(18)29(33)34/h2-12,14,31H,13,15H2,1H3/b11-8+. The SMILES string of the molecule is Cc1cc(O)c(C(=O)/C=C/c2ccc(OCc3cn(Cc4ccccc4[N+](=O)[O-])nn3)cc2)c(=O)o1. The van der Waals surface area contributed by atoms with Gasteiger partial charge in [-0.1, -0.05) is 41.6 Å². The molecule has 0 aliphatic carbocycles. The molecule has 0 atom stereocenters. The monoisotopic (exact) mass is 488 g/mol. The number of aromatic hydroxyl groups is 1.